The molecule has 7 nitrogen and oxygen atoms in total. The third-order valence-corrected chi connectivity index (χ3v) is 7.35. The van der Waals surface area contributed by atoms with Crippen LogP contribution in [0.3, 0.4) is 0 Å². The van der Waals surface area contributed by atoms with Crippen LogP contribution >= 0.6 is 23.8 Å². The van der Waals surface area contributed by atoms with Gasteiger partial charge in [0.25, 0.3) is 0 Å². The minimum atomic E-state index is -0.663. The molecule has 3 N–H and O–H groups in total. The van der Waals surface area contributed by atoms with Gasteiger partial charge in [0, 0.05) is 11.3 Å². The van der Waals surface area contributed by atoms with Gasteiger partial charge in [-0.05, 0) is 63.2 Å². The van der Waals surface area contributed by atoms with Crippen molar-refractivity contribution in [2.24, 2.45) is 5.73 Å². The number of nitrogens with one attached hydrogen (secondary N) is 1. The molecule has 0 saturated carbocycles. The number of fused-ring (bicyclic) bond motifs is 1. The third-order valence-electron chi connectivity index (χ3n) is 6.50. The molecule has 1 aliphatic heterocycles. The quantitative estimate of drug-likeness (QED) is 0.441. The number of piperidine rings is 1. The predicted octanol–water partition coefficient (Wildman–Crippen LogP) is 4.60. The Balaban J connectivity index is 1.42. The Hall–Kier alpha value is -3.04. The number of allylic oxidation sites excluding steroid dienone is 2. The van der Waals surface area contributed by atoms with E-state index in [2.05, 4.69) is 10.3 Å². The second kappa shape index (κ2) is 10.5. The fraction of sp³-hybridized carbons (Fsp3) is 0.296. The highest BCUT2D eigenvalue weighted by Crippen LogP contribution is 2.36. The van der Waals surface area contributed by atoms with E-state index in [1.54, 1.807) is 12.4 Å². The Morgan fingerprint density at radius 1 is 1.22 bits per heavy atom. The summed E-state index contributed by atoms with van der Waals surface area (Å²) in [7, 11) is 0. The second-order valence-electron chi connectivity index (χ2n) is 8.91. The maximum absolute atomic E-state index is 12.2. The van der Waals surface area contributed by atoms with Gasteiger partial charge in [-0.25, -0.2) is 4.98 Å². The van der Waals surface area contributed by atoms with Crippen LogP contribution < -0.4 is 15.8 Å². The molecule has 5 rings (SSSR count). The Morgan fingerprint density at radius 2 is 2.00 bits per heavy atom. The number of carbonyl (C=O) groups is 1. The lowest BCUT2D eigenvalue weighted by Gasteiger charge is -2.27. The zero-order valence-electron chi connectivity index (χ0n) is 19.8. The number of para-hydroxylation sites is 2. The van der Waals surface area contributed by atoms with E-state index in [0.717, 1.165) is 42.5 Å². The topological polar surface area (TPSA) is 91.4 Å². The van der Waals surface area contributed by atoms with Crippen LogP contribution in [0.1, 0.15) is 31.4 Å². The highest BCUT2D eigenvalue weighted by Gasteiger charge is 2.29. The molecule has 186 valence electrons. The molecule has 9 heteroatoms. The first-order chi connectivity index (χ1) is 17.4. The van der Waals surface area contributed by atoms with Crippen LogP contribution in [0, 0.1) is 0 Å². The van der Waals surface area contributed by atoms with E-state index in [1.165, 1.54) is 0 Å². The van der Waals surface area contributed by atoms with Gasteiger partial charge in [0.2, 0.25) is 5.91 Å². The van der Waals surface area contributed by atoms with Crippen LogP contribution in [0.15, 0.2) is 66.5 Å². The van der Waals surface area contributed by atoms with Gasteiger partial charge >= 0.3 is 0 Å². The maximum Gasteiger partial charge on any atom is 0.250 e. The summed E-state index contributed by atoms with van der Waals surface area (Å²) in [6.07, 6.45) is 6.17. The van der Waals surface area contributed by atoms with Gasteiger partial charge in [-0.1, -0.05) is 48.1 Å². The van der Waals surface area contributed by atoms with Crippen LogP contribution in [-0.2, 0) is 9.53 Å². The SMILES string of the molecule is C[C@@H](OC1C=C(n2cnc3ccccc32)C=C(C(N)=O)C1=S)c1cccc(OC2CCNCC2)c1Cl. The summed E-state index contributed by atoms with van der Waals surface area (Å²) >= 11 is 12.4. The molecule has 1 aliphatic carbocycles. The Labute approximate surface area is 219 Å². The summed E-state index contributed by atoms with van der Waals surface area (Å²) in [6, 6.07) is 13.4. The van der Waals surface area contributed by atoms with Gasteiger partial charge in [-0.2, -0.15) is 0 Å². The van der Waals surface area contributed by atoms with Gasteiger partial charge < -0.3 is 20.5 Å². The van der Waals surface area contributed by atoms with Gasteiger partial charge in [0.1, 0.15) is 24.3 Å². The summed E-state index contributed by atoms with van der Waals surface area (Å²) in [6.45, 7) is 3.76. The minimum Gasteiger partial charge on any atom is -0.489 e. The molecular weight excluding hydrogens is 496 g/mol. The second-order valence-corrected chi connectivity index (χ2v) is 9.72. The van der Waals surface area contributed by atoms with E-state index in [4.69, 9.17) is 39.0 Å². The number of imidazole rings is 1. The minimum absolute atomic E-state index is 0.125. The van der Waals surface area contributed by atoms with Gasteiger partial charge in [0.05, 0.1) is 32.6 Å². The standard InChI is InChI=1S/C27H27ClN4O3S/c1-16(19-5-4-8-23(25(19)28)35-18-9-11-30-12-10-18)34-24-14-17(13-20(26(24)36)27(29)33)32-15-31-21-6-2-3-7-22(21)32/h2-8,13-16,18,24,30H,9-12H2,1H3,(H2,29,33)/t16-,24?/m1/s1. The molecule has 1 aromatic heterocycles. The zero-order valence-corrected chi connectivity index (χ0v) is 21.4. The van der Waals surface area contributed by atoms with Crippen molar-refractivity contribution in [2.75, 3.05) is 13.1 Å². The lowest BCUT2D eigenvalue weighted by Crippen LogP contribution is -2.34. The van der Waals surface area contributed by atoms with Crippen molar-refractivity contribution < 1.29 is 14.3 Å². The zero-order chi connectivity index (χ0) is 25.2. The highest BCUT2D eigenvalue weighted by atomic mass is 35.5. The number of rotatable bonds is 7. The molecule has 0 radical (unpaired) electrons. The monoisotopic (exact) mass is 522 g/mol. The largest absolute Gasteiger partial charge is 0.489 e. The number of primary amides is 1. The van der Waals surface area contributed by atoms with Crippen molar-refractivity contribution in [1.29, 1.82) is 0 Å². The number of hydrogen-bond donors (Lipinski definition) is 2. The van der Waals surface area contributed by atoms with Crippen molar-refractivity contribution in [3.05, 3.63) is 77.1 Å². The van der Waals surface area contributed by atoms with Crippen molar-refractivity contribution in [3.8, 4) is 5.75 Å². The number of nitrogens with two attached hydrogens (primary N) is 1. The van der Waals surface area contributed by atoms with Gasteiger partial charge in [-0.15, -0.1) is 0 Å². The third kappa shape index (κ3) is 4.95. The summed E-state index contributed by atoms with van der Waals surface area (Å²) < 4.78 is 14.5. The maximum atomic E-state index is 12.2. The molecular formula is C27H27ClN4O3S. The highest BCUT2D eigenvalue weighted by molar-refractivity contribution is 7.81. The van der Waals surface area contributed by atoms with Crippen LogP contribution in [0.5, 0.6) is 5.75 Å². The fourth-order valence-electron chi connectivity index (χ4n) is 4.58. The summed E-state index contributed by atoms with van der Waals surface area (Å²) in [5, 5.41) is 3.85. The van der Waals surface area contributed by atoms with Gasteiger partial charge in [0.15, 0.2) is 0 Å². The molecule has 2 heterocycles. The van der Waals surface area contributed by atoms with Crippen molar-refractivity contribution >= 4 is 51.3 Å². The Kier molecular flexibility index (Phi) is 7.20. The number of thiocarbonyl (C=S) groups is 1. The average Bonchev–Trinajstić information content (AvgIpc) is 3.31. The van der Waals surface area contributed by atoms with E-state index in [9.17, 15) is 4.79 Å². The molecule has 3 aromatic rings. The number of halogens is 1. The number of carbonyl (C=O) groups excluding carboxylic acids is 1. The molecule has 0 spiro atoms. The number of nitrogens with zero attached hydrogens (tertiary/aromatic N) is 2. The van der Waals surface area contributed by atoms with Crippen LogP contribution in [-0.4, -0.2) is 45.6 Å². The average molecular weight is 523 g/mol. The molecule has 1 amide bonds. The Morgan fingerprint density at radius 3 is 2.78 bits per heavy atom. The summed E-state index contributed by atoms with van der Waals surface area (Å²) in [5.41, 5.74) is 9.14. The number of amides is 1. The molecule has 0 bridgehead atoms. The summed E-state index contributed by atoms with van der Waals surface area (Å²) in [5.74, 6) is 0.0354. The van der Waals surface area contributed by atoms with E-state index >= 15 is 0 Å². The predicted molar refractivity (Wildman–Crippen MR) is 145 cm³/mol. The normalized spacial score (nSPS) is 19.6. The Bertz CT molecular complexity index is 1380. The van der Waals surface area contributed by atoms with Crippen LogP contribution in [0.25, 0.3) is 16.7 Å². The number of benzene rings is 2. The number of aromatic nitrogens is 2. The van der Waals surface area contributed by atoms with Gasteiger partial charge in [-0.3, -0.25) is 9.36 Å². The van der Waals surface area contributed by atoms with E-state index < -0.39 is 18.1 Å². The first-order valence-corrected chi connectivity index (χ1v) is 12.7. The molecule has 1 fully saturated rings. The lowest BCUT2D eigenvalue weighted by atomic mass is 9.98. The molecule has 1 unspecified atom stereocenters. The summed E-state index contributed by atoms with van der Waals surface area (Å²) in [4.78, 5) is 17.0. The molecule has 2 aliphatic rings. The van der Waals surface area contributed by atoms with E-state index in [0.29, 0.717) is 21.3 Å². The van der Waals surface area contributed by atoms with E-state index in [-0.39, 0.29) is 11.7 Å². The van der Waals surface area contributed by atoms with E-state index in [1.807, 2.05) is 60.0 Å². The molecule has 36 heavy (non-hydrogen) atoms. The van der Waals surface area contributed by atoms with Crippen molar-refractivity contribution in [2.45, 2.75) is 38.1 Å². The smallest absolute Gasteiger partial charge is 0.250 e. The first kappa shape index (κ1) is 24.6. The van der Waals surface area contributed by atoms with Crippen molar-refractivity contribution in [3.63, 3.8) is 0 Å². The lowest BCUT2D eigenvalue weighted by molar-refractivity contribution is -0.114. The number of ether oxygens (including phenoxy) is 2. The number of hydrogen-bond acceptors (Lipinski definition) is 6. The first-order valence-electron chi connectivity index (χ1n) is 11.9. The van der Waals surface area contributed by atoms with Crippen molar-refractivity contribution in [1.82, 2.24) is 14.9 Å². The van der Waals surface area contributed by atoms with Crippen LogP contribution in [0.4, 0.5) is 0 Å². The fourth-order valence-corrected chi connectivity index (χ4v) is 5.19. The molecule has 2 aromatic carbocycles. The molecule has 2 atom stereocenters. The molecule has 1 saturated heterocycles. The van der Waals surface area contributed by atoms with Crippen LogP contribution in [0.2, 0.25) is 5.02 Å².